The van der Waals surface area contributed by atoms with Gasteiger partial charge in [0.1, 0.15) is 0 Å². The molecule has 3 unspecified atom stereocenters. The van der Waals surface area contributed by atoms with E-state index in [0.29, 0.717) is 17.2 Å². The molecular weight excluding hydrogens is 258 g/mol. The van der Waals surface area contributed by atoms with Crippen LogP contribution in [0.15, 0.2) is 17.0 Å². The molecule has 0 aliphatic carbocycles. The average molecular weight is 279 g/mol. The van der Waals surface area contributed by atoms with Gasteiger partial charge in [-0.2, -0.15) is 0 Å². The molecule has 0 amide bonds. The fraction of sp³-hybridized carbons (Fsp3) is 0.600. The molecule has 0 fully saturated rings. The SMILES string of the molecule is CNC1c2cc3c(cc2SC(C)C1C)OCCCO3. The predicted octanol–water partition coefficient (Wildman–Crippen LogP) is 3.24. The summed E-state index contributed by atoms with van der Waals surface area (Å²) < 4.78 is 11.6. The molecule has 2 heterocycles. The molecule has 19 heavy (non-hydrogen) atoms. The monoisotopic (exact) mass is 279 g/mol. The van der Waals surface area contributed by atoms with E-state index in [9.17, 15) is 0 Å². The Bertz CT molecular complexity index is 477. The maximum absolute atomic E-state index is 5.81. The zero-order chi connectivity index (χ0) is 13.4. The fourth-order valence-corrected chi connectivity index (χ4v) is 4.10. The Morgan fingerprint density at radius 3 is 2.53 bits per heavy atom. The van der Waals surface area contributed by atoms with Crippen LogP contribution in [0.2, 0.25) is 0 Å². The Morgan fingerprint density at radius 2 is 1.84 bits per heavy atom. The summed E-state index contributed by atoms with van der Waals surface area (Å²) in [6, 6.07) is 4.73. The number of nitrogens with one attached hydrogen (secondary N) is 1. The van der Waals surface area contributed by atoms with Crippen LogP contribution in [0, 0.1) is 5.92 Å². The summed E-state index contributed by atoms with van der Waals surface area (Å²) in [7, 11) is 2.04. The molecule has 0 spiro atoms. The van der Waals surface area contributed by atoms with Crippen molar-refractivity contribution in [2.45, 2.75) is 36.5 Å². The molecule has 4 heteroatoms. The van der Waals surface area contributed by atoms with Gasteiger partial charge < -0.3 is 14.8 Å². The highest BCUT2D eigenvalue weighted by Crippen LogP contribution is 2.48. The highest BCUT2D eigenvalue weighted by molar-refractivity contribution is 8.00. The number of benzene rings is 1. The van der Waals surface area contributed by atoms with Crippen LogP contribution in [0.5, 0.6) is 11.5 Å². The van der Waals surface area contributed by atoms with Crippen LogP contribution in [0.3, 0.4) is 0 Å². The van der Waals surface area contributed by atoms with Crippen molar-refractivity contribution in [3.05, 3.63) is 17.7 Å². The van der Waals surface area contributed by atoms with Gasteiger partial charge in [0.05, 0.1) is 13.2 Å². The van der Waals surface area contributed by atoms with E-state index in [0.717, 1.165) is 31.1 Å². The second-order valence-electron chi connectivity index (χ2n) is 5.34. The quantitative estimate of drug-likeness (QED) is 0.855. The highest BCUT2D eigenvalue weighted by atomic mass is 32.2. The van der Waals surface area contributed by atoms with Crippen LogP contribution in [-0.2, 0) is 0 Å². The van der Waals surface area contributed by atoms with Gasteiger partial charge in [-0.3, -0.25) is 0 Å². The standard InChI is InChI=1S/C15H21NO2S/c1-9-10(2)19-14-8-13-12(17-5-4-6-18-13)7-11(14)15(9)16-3/h7-10,15-16H,4-6H2,1-3H3. The molecule has 2 aliphatic rings. The minimum absolute atomic E-state index is 0.392. The van der Waals surface area contributed by atoms with Crippen molar-refractivity contribution in [3.8, 4) is 11.5 Å². The van der Waals surface area contributed by atoms with Gasteiger partial charge in [-0.15, -0.1) is 11.8 Å². The Hall–Kier alpha value is -0.870. The lowest BCUT2D eigenvalue weighted by Gasteiger charge is -2.35. The lowest BCUT2D eigenvalue weighted by Crippen LogP contribution is -2.32. The Morgan fingerprint density at radius 1 is 1.16 bits per heavy atom. The number of hydrogen-bond donors (Lipinski definition) is 1. The van der Waals surface area contributed by atoms with Crippen LogP contribution in [0.25, 0.3) is 0 Å². The highest BCUT2D eigenvalue weighted by Gasteiger charge is 2.32. The van der Waals surface area contributed by atoms with E-state index in [-0.39, 0.29) is 0 Å². The van der Waals surface area contributed by atoms with E-state index < -0.39 is 0 Å². The van der Waals surface area contributed by atoms with Crippen molar-refractivity contribution in [2.24, 2.45) is 5.92 Å². The van der Waals surface area contributed by atoms with E-state index in [1.807, 2.05) is 18.8 Å². The minimum atomic E-state index is 0.392. The third kappa shape index (κ3) is 2.32. The minimum Gasteiger partial charge on any atom is -0.490 e. The molecule has 104 valence electrons. The topological polar surface area (TPSA) is 30.5 Å². The molecule has 3 nitrogen and oxygen atoms in total. The van der Waals surface area contributed by atoms with Crippen molar-refractivity contribution in [1.29, 1.82) is 0 Å². The third-order valence-electron chi connectivity index (χ3n) is 4.11. The van der Waals surface area contributed by atoms with Crippen LogP contribution in [0.4, 0.5) is 0 Å². The molecule has 3 rings (SSSR count). The van der Waals surface area contributed by atoms with Crippen molar-refractivity contribution >= 4 is 11.8 Å². The van der Waals surface area contributed by atoms with Gasteiger partial charge in [-0.1, -0.05) is 13.8 Å². The second kappa shape index (κ2) is 5.25. The summed E-state index contributed by atoms with van der Waals surface area (Å²) in [5.41, 5.74) is 1.35. The molecule has 0 radical (unpaired) electrons. The van der Waals surface area contributed by atoms with Crippen molar-refractivity contribution in [3.63, 3.8) is 0 Å². The molecule has 2 aliphatic heterocycles. The van der Waals surface area contributed by atoms with E-state index in [1.165, 1.54) is 10.5 Å². The molecule has 1 N–H and O–H groups in total. The van der Waals surface area contributed by atoms with Crippen LogP contribution in [-0.4, -0.2) is 25.5 Å². The first-order valence-corrected chi connectivity index (χ1v) is 7.86. The van der Waals surface area contributed by atoms with E-state index >= 15 is 0 Å². The summed E-state index contributed by atoms with van der Waals surface area (Å²) in [5.74, 6) is 2.41. The third-order valence-corrected chi connectivity index (χ3v) is 5.51. The number of ether oxygens (including phenoxy) is 2. The maximum Gasteiger partial charge on any atom is 0.162 e. The first-order chi connectivity index (χ1) is 9.20. The number of hydrogen-bond acceptors (Lipinski definition) is 4. The summed E-state index contributed by atoms with van der Waals surface area (Å²) in [6.07, 6.45) is 0.953. The molecule has 1 aromatic rings. The van der Waals surface area contributed by atoms with Crippen LogP contribution < -0.4 is 14.8 Å². The maximum atomic E-state index is 5.81. The Labute approximate surface area is 119 Å². The van der Waals surface area contributed by atoms with Gasteiger partial charge >= 0.3 is 0 Å². The predicted molar refractivity (Wildman–Crippen MR) is 78.3 cm³/mol. The zero-order valence-corrected chi connectivity index (χ0v) is 12.5. The lowest BCUT2D eigenvalue weighted by atomic mass is 9.91. The first kappa shape index (κ1) is 13.1. The smallest absolute Gasteiger partial charge is 0.162 e. The van der Waals surface area contributed by atoms with E-state index in [4.69, 9.17) is 9.47 Å². The Kier molecular flexibility index (Phi) is 3.63. The van der Waals surface area contributed by atoms with Crippen LogP contribution >= 0.6 is 11.8 Å². The number of rotatable bonds is 1. The molecule has 0 saturated heterocycles. The van der Waals surface area contributed by atoms with E-state index in [1.54, 1.807) is 0 Å². The number of thioether (sulfide) groups is 1. The van der Waals surface area contributed by atoms with Crippen molar-refractivity contribution in [1.82, 2.24) is 5.32 Å². The Balaban J connectivity index is 2.05. The number of fused-ring (bicyclic) bond motifs is 2. The van der Waals surface area contributed by atoms with E-state index in [2.05, 4.69) is 31.3 Å². The van der Waals surface area contributed by atoms with Gasteiger partial charge in [0.25, 0.3) is 0 Å². The van der Waals surface area contributed by atoms with Gasteiger partial charge in [0.2, 0.25) is 0 Å². The van der Waals surface area contributed by atoms with Crippen LogP contribution in [0.1, 0.15) is 31.9 Å². The summed E-state index contributed by atoms with van der Waals surface area (Å²) in [4.78, 5) is 1.33. The molecule has 0 saturated carbocycles. The molecule has 3 atom stereocenters. The molecule has 1 aromatic carbocycles. The molecular formula is C15H21NO2S. The summed E-state index contributed by atoms with van der Waals surface area (Å²) >= 11 is 1.94. The van der Waals surface area contributed by atoms with Crippen molar-refractivity contribution in [2.75, 3.05) is 20.3 Å². The summed E-state index contributed by atoms with van der Waals surface area (Å²) in [6.45, 7) is 6.10. The molecule has 0 bridgehead atoms. The fourth-order valence-electron chi connectivity index (χ4n) is 2.83. The van der Waals surface area contributed by atoms with Gasteiger partial charge in [-0.05, 0) is 30.7 Å². The first-order valence-electron chi connectivity index (χ1n) is 6.98. The van der Waals surface area contributed by atoms with Gasteiger partial charge in [-0.25, -0.2) is 0 Å². The zero-order valence-electron chi connectivity index (χ0n) is 11.7. The largest absolute Gasteiger partial charge is 0.490 e. The lowest BCUT2D eigenvalue weighted by molar-refractivity contribution is 0.296. The normalized spacial score (nSPS) is 29.5. The van der Waals surface area contributed by atoms with Gasteiger partial charge in [0, 0.05) is 22.6 Å². The average Bonchev–Trinajstić information content (AvgIpc) is 2.63. The van der Waals surface area contributed by atoms with Gasteiger partial charge in [0.15, 0.2) is 11.5 Å². The molecule has 0 aromatic heterocycles. The summed E-state index contributed by atoms with van der Waals surface area (Å²) in [5, 5.41) is 4.06. The second-order valence-corrected chi connectivity index (χ2v) is 6.75. The van der Waals surface area contributed by atoms with Crippen molar-refractivity contribution < 1.29 is 9.47 Å².